The molecule has 120 valence electrons. The topological polar surface area (TPSA) is 284 Å². The fourth-order valence-electron chi connectivity index (χ4n) is 0.298. The first-order chi connectivity index (χ1) is 6.83. The van der Waals surface area contributed by atoms with Crippen LogP contribution in [-0.2, 0) is 29.8 Å². The fraction of sp³-hybridized carbons (Fsp3) is 0.500. The summed E-state index contributed by atoms with van der Waals surface area (Å²) in [7, 11) is -8.77. The van der Waals surface area contributed by atoms with Gasteiger partial charge in [-0.1, -0.05) is 0 Å². The summed E-state index contributed by atoms with van der Waals surface area (Å²) >= 11 is 0. The zero-order valence-corrected chi connectivity index (χ0v) is 12.6. The van der Waals surface area contributed by atoms with Gasteiger partial charge in [0, 0.05) is 0 Å². The third-order valence-electron chi connectivity index (χ3n) is 0.601. The van der Waals surface area contributed by atoms with E-state index in [9.17, 15) is 36.6 Å². The first-order valence-corrected chi connectivity index (χ1v) is 6.35. The van der Waals surface area contributed by atoms with E-state index in [0.717, 1.165) is 0 Å². The number of rotatable bonds is 4. The monoisotopic (exact) mass is 356 g/mol. The van der Waals surface area contributed by atoms with Crippen LogP contribution in [0.3, 0.4) is 0 Å². The number of hydrogen-bond donors (Lipinski definition) is 2. The summed E-state index contributed by atoms with van der Waals surface area (Å²) in [6, 6.07) is 0. The molecule has 0 aromatic rings. The Bertz CT molecular complexity index is 405. The van der Waals surface area contributed by atoms with E-state index in [1.807, 2.05) is 0 Å². The molecule has 0 fully saturated rings. The molecule has 0 rings (SSSR count). The van der Waals surface area contributed by atoms with Gasteiger partial charge >= 0.3 is 23.1 Å². The molecule has 0 aliphatic rings. The van der Waals surface area contributed by atoms with Crippen LogP contribution < -0.4 is 10.2 Å². The second-order valence-corrected chi connectivity index (χ2v) is 5.10. The predicted octanol–water partition coefficient (Wildman–Crippen LogP) is -7.61. The molecule has 0 bridgehead atoms. The van der Waals surface area contributed by atoms with Gasteiger partial charge in [0.25, 0.3) is 20.2 Å². The van der Waals surface area contributed by atoms with Crippen LogP contribution in [0.2, 0.25) is 0 Å². The summed E-state index contributed by atoms with van der Waals surface area (Å²) in [5, 5.41) is 18.7. The molecule has 0 radical (unpaired) electrons. The molecule has 0 atom stereocenters. The molecule has 0 aliphatic heterocycles. The molecule has 0 spiro atoms. The van der Waals surface area contributed by atoms with E-state index in [2.05, 4.69) is 0 Å². The van der Waals surface area contributed by atoms with E-state index in [0.29, 0.717) is 0 Å². The van der Waals surface area contributed by atoms with Gasteiger partial charge in [0.2, 0.25) is 0 Å². The summed E-state index contributed by atoms with van der Waals surface area (Å²) in [4.78, 5) is 18.7. The van der Waals surface area contributed by atoms with E-state index >= 15 is 0 Å². The van der Waals surface area contributed by atoms with E-state index < -0.39 is 43.7 Å². The van der Waals surface area contributed by atoms with E-state index in [-0.39, 0.29) is 39.5 Å². The van der Waals surface area contributed by atoms with Gasteiger partial charge in [-0.05, 0) is 0 Å². The summed E-state index contributed by atoms with van der Waals surface area (Å²) in [6.45, 7) is 0. The van der Waals surface area contributed by atoms with Crippen molar-refractivity contribution in [2.75, 3.05) is 11.5 Å². The number of carboxylic acids is 2. The molecule has 0 aliphatic carbocycles. The maximum Gasteiger partial charge on any atom is 2.00 e. The molecule has 0 aromatic carbocycles. The minimum absolute atomic E-state index is 0. The number of carbonyl (C=O) groups is 2. The van der Waals surface area contributed by atoms with Crippen molar-refractivity contribution in [2.45, 2.75) is 0 Å². The van der Waals surface area contributed by atoms with Crippen LogP contribution >= 0.6 is 0 Å². The average molecular weight is 357 g/mol. The second kappa shape index (κ2) is 14.8. The van der Waals surface area contributed by atoms with Crippen LogP contribution in [0.1, 0.15) is 0 Å². The molecule has 0 saturated carbocycles. The van der Waals surface area contributed by atoms with Gasteiger partial charge in [0.05, 0.1) is 11.9 Å². The standard InChI is InChI=1S/2C2H4O5S.Mg.3H2O/c2*3-2(4)1-8(5,6)7;;;;/h2*1H2,(H,3,4)(H,5,6,7);;3*1H2/q;;+2;;;/p-2. The molecule has 0 unspecified atom stereocenters. The van der Waals surface area contributed by atoms with Crippen LogP contribution in [0, 0.1) is 0 Å². The Morgan fingerprint density at radius 3 is 0.900 bits per heavy atom. The molecule has 0 aromatic heterocycles. The molecule has 8 N–H and O–H groups in total. The smallest absolute Gasteiger partial charge is 0.549 e. The van der Waals surface area contributed by atoms with Crippen LogP contribution in [0.4, 0.5) is 0 Å². The van der Waals surface area contributed by atoms with Gasteiger partial charge in [-0.25, -0.2) is 0 Å². The number of aliphatic carboxylic acids is 2. The van der Waals surface area contributed by atoms with Gasteiger partial charge in [-0.3, -0.25) is 9.11 Å². The van der Waals surface area contributed by atoms with E-state index in [4.69, 9.17) is 9.11 Å². The summed E-state index contributed by atoms with van der Waals surface area (Å²) < 4.78 is 53.8. The Labute approximate surface area is 129 Å². The average Bonchev–Trinajstić information content (AvgIpc) is 1.72. The second-order valence-electron chi connectivity index (χ2n) is 2.20. The van der Waals surface area contributed by atoms with Crippen LogP contribution in [0.15, 0.2) is 0 Å². The molecule has 0 saturated heterocycles. The number of carbonyl (C=O) groups excluding carboxylic acids is 2. The first-order valence-electron chi connectivity index (χ1n) is 3.13. The fourth-order valence-corrected chi connectivity index (χ4v) is 0.894. The zero-order chi connectivity index (χ0) is 13.6. The third kappa shape index (κ3) is 53.0. The maximum atomic E-state index is 9.58. The SMILES string of the molecule is O.O.O.O=C([O-])CS(=O)(=O)O.O=C([O-])CS(=O)(=O)O.[Mg+2]. The van der Waals surface area contributed by atoms with Crippen molar-refractivity contribution in [3.63, 3.8) is 0 Å². The first kappa shape index (κ1) is 36.6. The minimum Gasteiger partial charge on any atom is -0.549 e. The summed E-state index contributed by atoms with van der Waals surface area (Å²) in [6.07, 6.45) is 0. The summed E-state index contributed by atoms with van der Waals surface area (Å²) in [5.41, 5.74) is 0. The third-order valence-corrected chi connectivity index (χ3v) is 1.80. The Balaban J connectivity index is -0.0000000408. The molecule has 0 amide bonds. The molecule has 20 heavy (non-hydrogen) atoms. The van der Waals surface area contributed by atoms with Gasteiger partial charge in [0.15, 0.2) is 0 Å². The molecule has 0 heterocycles. The number of hydrogen-bond acceptors (Lipinski definition) is 8. The largest absolute Gasteiger partial charge is 2.00 e. The van der Waals surface area contributed by atoms with Crippen molar-refractivity contribution in [1.29, 1.82) is 0 Å². The minimum atomic E-state index is -4.39. The van der Waals surface area contributed by atoms with Crippen molar-refractivity contribution in [3.05, 3.63) is 0 Å². The van der Waals surface area contributed by atoms with Crippen molar-refractivity contribution in [2.24, 2.45) is 0 Å². The van der Waals surface area contributed by atoms with Gasteiger partial charge in [0.1, 0.15) is 11.5 Å². The van der Waals surface area contributed by atoms with Crippen molar-refractivity contribution in [3.8, 4) is 0 Å². The van der Waals surface area contributed by atoms with Crippen molar-refractivity contribution >= 4 is 55.2 Å². The van der Waals surface area contributed by atoms with Crippen LogP contribution in [0.5, 0.6) is 0 Å². The number of carboxylic acid groups (broad SMARTS) is 2. The van der Waals surface area contributed by atoms with Gasteiger partial charge in [-0.15, -0.1) is 0 Å². The van der Waals surface area contributed by atoms with Gasteiger partial charge < -0.3 is 36.2 Å². The van der Waals surface area contributed by atoms with E-state index in [1.165, 1.54) is 0 Å². The van der Waals surface area contributed by atoms with Crippen molar-refractivity contribution in [1.82, 2.24) is 0 Å². The van der Waals surface area contributed by atoms with E-state index in [1.54, 1.807) is 0 Å². The Morgan fingerprint density at radius 2 is 0.900 bits per heavy atom. The van der Waals surface area contributed by atoms with Crippen LogP contribution in [0.25, 0.3) is 0 Å². The Hall–Kier alpha value is -0.594. The normalized spacial score (nSPS) is 8.90. The Morgan fingerprint density at radius 1 is 0.750 bits per heavy atom. The molecule has 16 heteroatoms. The van der Waals surface area contributed by atoms with Crippen LogP contribution in [-0.4, -0.2) is 88.9 Å². The van der Waals surface area contributed by atoms with Crippen molar-refractivity contribution < 1.29 is 62.2 Å². The zero-order valence-electron chi connectivity index (χ0n) is 9.60. The Kier molecular flexibility index (Phi) is 27.1. The summed E-state index contributed by atoms with van der Waals surface area (Å²) in [5.74, 6) is -6.31. The molecule has 13 nitrogen and oxygen atoms in total. The van der Waals surface area contributed by atoms with Gasteiger partial charge in [-0.2, -0.15) is 16.8 Å². The maximum absolute atomic E-state index is 9.58. The quantitative estimate of drug-likeness (QED) is 0.354. The predicted molar refractivity (Wildman–Crippen MR) is 59.4 cm³/mol. The molecular formula is C4H12MgO13S2. The molecular weight excluding hydrogens is 344 g/mol.